The number of aryl methyl sites for hydroxylation is 4. The summed E-state index contributed by atoms with van der Waals surface area (Å²) in [6.07, 6.45) is 1.48. The minimum absolute atomic E-state index is 0.182. The maximum Gasteiger partial charge on any atom is 0.265 e. The third-order valence-corrected chi connectivity index (χ3v) is 5.19. The van der Waals surface area contributed by atoms with Gasteiger partial charge in [-0.05, 0) is 63.1 Å². The molecule has 0 aliphatic heterocycles. The summed E-state index contributed by atoms with van der Waals surface area (Å²) in [6, 6.07) is 14.6. The van der Waals surface area contributed by atoms with E-state index in [1.54, 1.807) is 18.2 Å². The molecule has 0 radical (unpaired) electrons. The molecule has 0 unspecified atom stereocenters. The topological polar surface area (TPSA) is 92.4 Å². The number of anilines is 1. The van der Waals surface area contributed by atoms with Gasteiger partial charge in [0.15, 0.2) is 0 Å². The van der Waals surface area contributed by atoms with Crippen molar-refractivity contribution in [3.63, 3.8) is 0 Å². The maximum absolute atomic E-state index is 13.2. The second kappa shape index (κ2) is 8.02. The van der Waals surface area contributed by atoms with Crippen LogP contribution in [0.15, 0.2) is 58.4 Å². The van der Waals surface area contributed by atoms with Crippen molar-refractivity contribution in [1.29, 1.82) is 0 Å². The van der Waals surface area contributed by atoms with Crippen LogP contribution in [-0.4, -0.2) is 25.9 Å². The highest BCUT2D eigenvalue weighted by molar-refractivity contribution is 6.01. The molecule has 2 aromatic carbocycles. The van der Waals surface area contributed by atoms with Gasteiger partial charge in [-0.25, -0.2) is 20.0 Å². The summed E-state index contributed by atoms with van der Waals surface area (Å²) < 4.78 is 1.31. The van der Waals surface area contributed by atoms with E-state index in [-0.39, 0.29) is 11.4 Å². The lowest BCUT2D eigenvalue weighted by Gasteiger charge is -2.14. The summed E-state index contributed by atoms with van der Waals surface area (Å²) in [6.45, 7) is 7.73. The van der Waals surface area contributed by atoms with Crippen LogP contribution in [0.1, 0.15) is 28.1 Å². The van der Waals surface area contributed by atoms with Crippen LogP contribution in [0.3, 0.4) is 0 Å². The lowest BCUT2D eigenvalue weighted by molar-refractivity contribution is 0.436. The fraction of sp³-hybridized carbons (Fsp3) is 0.167. The highest BCUT2D eigenvalue weighted by Crippen LogP contribution is 2.26. The van der Waals surface area contributed by atoms with Crippen molar-refractivity contribution in [3.05, 3.63) is 87.0 Å². The van der Waals surface area contributed by atoms with Crippen LogP contribution in [0.5, 0.6) is 5.88 Å². The lowest BCUT2D eigenvalue weighted by atomic mass is 10.1. The van der Waals surface area contributed by atoms with Crippen LogP contribution in [0.4, 0.5) is 5.95 Å². The summed E-state index contributed by atoms with van der Waals surface area (Å²) in [5, 5.41) is 16.4. The first-order valence-corrected chi connectivity index (χ1v) is 9.91. The average Bonchev–Trinajstić information content (AvgIpc) is 2.72. The molecule has 7 heteroatoms. The van der Waals surface area contributed by atoms with Crippen molar-refractivity contribution in [2.24, 2.45) is 5.10 Å². The first kappa shape index (κ1) is 20.3. The molecule has 2 N–H and O–H groups in total. The number of rotatable bonds is 4. The number of hydrazone groups is 1. The normalized spacial score (nSPS) is 11.4. The van der Waals surface area contributed by atoms with E-state index >= 15 is 0 Å². The predicted molar refractivity (Wildman–Crippen MR) is 123 cm³/mol. The Balaban J connectivity index is 1.86. The SMILES string of the molecule is Cc1cc(C)nc(N/N=C/c2c(O)n(-c3ccc(C)c(C)c3)c(=O)c3ccccc23)n1. The largest absolute Gasteiger partial charge is 0.494 e. The van der Waals surface area contributed by atoms with Gasteiger partial charge in [0.1, 0.15) is 0 Å². The van der Waals surface area contributed by atoms with Crippen molar-refractivity contribution < 1.29 is 5.11 Å². The Kier molecular flexibility index (Phi) is 5.25. The van der Waals surface area contributed by atoms with Crippen LogP contribution in [0.2, 0.25) is 0 Å². The van der Waals surface area contributed by atoms with Gasteiger partial charge in [-0.15, -0.1) is 0 Å². The van der Waals surface area contributed by atoms with E-state index < -0.39 is 0 Å². The van der Waals surface area contributed by atoms with Crippen molar-refractivity contribution in [3.8, 4) is 11.6 Å². The molecule has 2 aromatic heterocycles. The molecule has 0 aliphatic rings. The van der Waals surface area contributed by atoms with Gasteiger partial charge < -0.3 is 5.11 Å². The minimum atomic E-state index is -0.292. The third-order valence-electron chi connectivity index (χ3n) is 5.19. The molecule has 2 heterocycles. The molecule has 0 fully saturated rings. The number of nitrogens with zero attached hydrogens (tertiary/aromatic N) is 4. The first-order chi connectivity index (χ1) is 14.8. The number of pyridine rings is 1. The molecule has 4 aromatic rings. The summed E-state index contributed by atoms with van der Waals surface area (Å²) in [5.41, 5.74) is 7.31. The quantitative estimate of drug-likeness (QED) is 0.387. The molecular weight excluding hydrogens is 390 g/mol. The molecule has 7 nitrogen and oxygen atoms in total. The fourth-order valence-corrected chi connectivity index (χ4v) is 3.52. The number of hydrogen-bond donors (Lipinski definition) is 2. The number of aromatic hydroxyl groups is 1. The second-order valence-electron chi connectivity index (χ2n) is 7.54. The van der Waals surface area contributed by atoms with Crippen LogP contribution in [0, 0.1) is 27.7 Å². The zero-order valence-corrected chi connectivity index (χ0v) is 17.8. The van der Waals surface area contributed by atoms with E-state index in [1.165, 1.54) is 10.8 Å². The maximum atomic E-state index is 13.2. The predicted octanol–water partition coefficient (Wildman–Crippen LogP) is 4.17. The Hall–Kier alpha value is -4.00. The Morgan fingerprint density at radius 2 is 1.61 bits per heavy atom. The molecule has 4 rings (SSSR count). The van der Waals surface area contributed by atoms with Gasteiger partial charge in [-0.2, -0.15) is 5.10 Å². The standard InChI is InChI=1S/C24H23N5O2/c1-14-9-10-18(11-15(14)2)29-22(30)20-8-6-5-7-19(20)21(23(29)31)13-25-28-24-26-16(3)12-17(4)27-24/h5-13,31H,1-4H3,(H,26,27,28)/b25-13+. The van der Waals surface area contributed by atoms with Crippen LogP contribution in [-0.2, 0) is 0 Å². The smallest absolute Gasteiger partial charge is 0.265 e. The van der Waals surface area contributed by atoms with Crippen LogP contribution < -0.4 is 11.0 Å². The third kappa shape index (κ3) is 3.90. The zero-order valence-electron chi connectivity index (χ0n) is 17.8. The lowest BCUT2D eigenvalue weighted by Crippen LogP contribution is -2.20. The fourth-order valence-electron chi connectivity index (χ4n) is 3.52. The van der Waals surface area contributed by atoms with Crippen molar-refractivity contribution >= 4 is 22.9 Å². The van der Waals surface area contributed by atoms with Crippen LogP contribution in [0.25, 0.3) is 16.5 Å². The highest BCUT2D eigenvalue weighted by Gasteiger charge is 2.16. The first-order valence-electron chi connectivity index (χ1n) is 9.91. The molecule has 0 atom stereocenters. The molecule has 0 saturated heterocycles. The molecule has 0 bridgehead atoms. The van der Waals surface area contributed by atoms with Gasteiger partial charge >= 0.3 is 0 Å². The van der Waals surface area contributed by atoms with E-state index in [1.807, 2.05) is 58.0 Å². The molecule has 156 valence electrons. The zero-order chi connectivity index (χ0) is 22.1. The van der Waals surface area contributed by atoms with Gasteiger partial charge in [0.25, 0.3) is 5.56 Å². The molecule has 0 aliphatic carbocycles. The Bertz CT molecular complexity index is 1370. The molecule has 0 saturated carbocycles. The molecule has 31 heavy (non-hydrogen) atoms. The Morgan fingerprint density at radius 1 is 0.935 bits per heavy atom. The van der Waals surface area contributed by atoms with Gasteiger partial charge in [0.2, 0.25) is 11.8 Å². The van der Waals surface area contributed by atoms with E-state index in [2.05, 4.69) is 20.5 Å². The van der Waals surface area contributed by atoms with Crippen molar-refractivity contribution in [1.82, 2.24) is 14.5 Å². The summed E-state index contributed by atoms with van der Waals surface area (Å²) in [4.78, 5) is 21.8. The average molecular weight is 413 g/mol. The Labute approximate surface area is 179 Å². The minimum Gasteiger partial charge on any atom is -0.494 e. The van der Waals surface area contributed by atoms with Gasteiger partial charge in [0.05, 0.1) is 17.5 Å². The van der Waals surface area contributed by atoms with Crippen molar-refractivity contribution in [2.75, 3.05) is 5.43 Å². The molecular formula is C24H23N5O2. The number of aromatic nitrogens is 3. The number of nitrogens with one attached hydrogen (secondary N) is 1. The second-order valence-corrected chi connectivity index (χ2v) is 7.54. The van der Waals surface area contributed by atoms with Crippen molar-refractivity contribution in [2.45, 2.75) is 27.7 Å². The Morgan fingerprint density at radius 3 is 2.29 bits per heavy atom. The molecule has 0 amide bonds. The van der Waals surface area contributed by atoms with E-state index in [4.69, 9.17) is 0 Å². The van der Waals surface area contributed by atoms with Gasteiger partial charge in [-0.3, -0.25) is 4.79 Å². The van der Waals surface area contributed by atoms with E-state index in [0.29, 0.717) is 28.0 Å². The number of fused-ring (bicyclic) bond motifs is 1. The van der Waals surface area contributed by atoms with Crippen LogP contribution >= 0.6 is 0 Å². The van der Waals surface area contributed by atoms with E-state index in [0.717, 1.165) is 22.5 Å². The highest BCUT2D eigenvalue weighted by atomic mass is 16.3. The summed E-state index contributed by atoms with van der Waals surface area (Å²) >= 11 is 0. The monoisotopic (exact) mass is 413 g/mol. The number of benzene rings is 2. The summed E-state index contributed by atoms with van der Waals surface area (Å²) in [7, 11) is 0. The van der Waals surface area contributed by atoms with E-state index in [9.17, 15) is 9.90 Å². The number of hydrogen-bond acceptors (Lipinski definition) is 6. The van der Waals surface area contributed by atoms with Gasteiger partial charge in [-0.1, -0.05) is 24.3 Å². The van der Waals surface area contributed by atoms with Gasteiger partial charge in [0, 0.05) is 22.2 Å². The summed E-state index contributed by atoms with van der Waals surface area (Å²) in [5.74, 6) is 0.180. The molecule has 0 spiro atoms.